The van der Waals surface area contributed by atoms with E-state index >= 15 is 0 Å². The Labute approximate surface area is 219 Å². The van der Waals surface area contributed by atoms with Crippen LogP contribution in [0.25, 0.3) is 0 Å². The van der Waals surface area contributed by atoms with Crippen LogP contribution in [-0.4, -0.2) is 54.0 Å². The van der Waals surface area contributed by atoms with Crippen LogP contribution < -0.4 is 16.0 Å². The first-order valence-corrected chi connectivity index (χ1v) is 15.1. The minimum absolute atomic E-state index is 0.167. The van der Waals surface area contributed by atoms with Crippen LogP contribution in [0, 0.1) is 5.92 Å². The third-order valence-electron chi connectivity index (χ3n) is 8.07. The van der Waals surface area contributed by atoms with Crippen LogP contribution in [0.4, 0.5) is 20.3 Å². The van der Waals surface area contributed by atoms with Crippen molar-refractivity contribution < 1.29 is 26.8 Å². The Kier molecular flexibility index (Phi) is 5.82. The number of halogens is 2. The van der Waals surface area contributed by atoms with Crippen LogP contribution in [0.1, 0.15) is 65.7 Å². The molecule has 2 aromatic rings. The van der Waals surface area contributed by atoms with Gasteiger partial charge in [-0.25, -0.2) is 21.9 Å². The summed E-state index contributed by atoms with van der Waals surface area (Å²) >= 11 is 0. The van der Waals surface area contributed by atoms with E-state index in [4.69, 9.17) is 5.10 Å². The second-order valence-corrected chi connectivity index (χ2v) is 13.6. The van der Waals surface area contributed by atoms with Crippen LogP contribution >= 0.6 is 0 Å². The second kappa shape index (κ2) is 8.75. The third-order valence-corrected chi connectivity index (χ3v) is 8.86. The highest BCUT2D eigenvalue weighted by Crippen LogP contribution is 2.45. The standard InChI is InChI=1S/C26H31F2N5O4S/c1-38(36,37)14-21(34)30-23-22-20(32-33(23)9-7-15-2-3-15)13-25(31-24(22)35)8-6-16-10-17(4-5-19(16)25)29-18-11-26(27,28)12-18/h4-5,10,15,18,29H,2-3,6-9,11-14H2,1H3,(H,30,34)(H,31,35)/t25-/m1/s1. The van der Waals surface area contributed by atoms with E-state index in [0.29, 0.717) is 31.0 Å². The molecule has 12 heteroatoms. The number of nitrogens with one attached hydrogen (secondary N) is 3. The maximum Gasteiger partial charge on any atom is 0.257 e. The van der Waals surface area contributed by atoms with E-state index < -0.39 is 33.0 Å². The Balaban J connectivity index is 1.26. The summed E-state index contributed by atoms with van der Waals surface area (Å²) in [5, 5.41) is 13.7. The summed E-state index contributed by atoms with van der Waals surface area (Å²) in [6, 6.07) is 5.56. The molecule has 6 rings (SSSR count). The monoisotopic (exact) mass is 547 g/mol. The molecule has 204 valence electrons. The fraction of sp³-hybridized carbons (Fsp3) is 0.577. The van der Waals surface area contributed by atoms with Crippen molar-refractivity contribution in [2.75, 3.05) is 22.6 Å². The van der Waals surface area contributed by atoms with E-state index in [-0.39, 0.29) is 36.2 Å². The lowest BCUT2D eigenvalue weighted by Gasteiger charge is -2.36. The lowest BCUT2D eigenvalue weighted by Crippen LogP contribution is -2.50. The number of amides is 2. The lowest BCUT2D eigenvalue weighted by atomic mass is 9.82. The molecule has 0 saturated heterocycles. The highest BCUT2D eigenvalue weighted by Gasteiger charge is 2.48. The van der Waals surface area contributed by atoms with Gasteiger partial charge in [0.25, 0.3) is 11.8 Å². The van der Waals surface area contributed by atoms with Gasteiger partial charge in [0.05, 0.1) is 11.2 Å². The zero-order valence-corrected chi connectivity index (χ0v) is 22.0. The summed E-state index contributed by atoms with van der Waals surface area (Å²) in [6.07, 6.45) is 5.66. The highest BCUT2D eigenvalue weighted by molar-refractivity contribution is 7.91. The molecule has 3 N–H and O–H groups in total. The SMILES string of the molecule is CS(=O)(=O)CC(=O)Nc1c2c(nn1CCC1CC1)C[C@@]1(CCc3cc(NC4CC(F)(F)C4)ccc31)NC2=O. The molecule has 2 fully saturated rings. The average Bonchev–Trinajstić information content (AvgIpc) is 3.48. The van der Waals surface area contributed by atoms with Crippen molar-refractivity contribution in [2.45, 2.75) is 75.4 Å². The first kappa shape index (κ1) is 25.3. The predicted octanol–water partition coefficient (Wildman–Crippen LogP) is 3.00. The molecule has 2 amide bonds. The van der Waals surface area contributed by atoms with Gasteiger partial charge in [-0.1, -0.05) is 18.9 Å². The van der Waals surface area contributed by atoms with Crippen molar-refractivity contribution >= 4 is 33.2 Å². The maximum absolute atomic E-state index is 13.5. The number of carbonyl (C=O) groups excluding carboxylic acids is 2. The number of aryl methyl sites for hydroxylation is 2. The smallest absolute Gasteiger partial charge is 0.257 e. The summed E-state index contributed by atoms with van der Waals surface area (Å²) < 4.78 is 51.4. The van der Waals surface area contributed by atoms with Crippen LogP contribution in [0.3, 0.4) is 0 Å². The van der Waals surface area contributed by atoms with E-state index in [1.54, 1.807) is 4.68 Å². The second-order valence-electron chi connectivity index (χ2n) is 11.4. The largest absolute Gasteiger partial charge is 0.382 e. The summed E-state index contributed by atoms with van der Waals surface area (Å²) in [5.41, 5.74) is 3.04. The van der Waals surface area contributed by atoms with Gasteiger partial charge >= 0.3 is 0 Å². The molecule has 2 heterocycles. The van der Waals surface area contributed by atoms with Crippen molar-refractivity contribution in [3.8, 4) is 0 Å². The van der Waals surface area contributed by atoms with Crippen LogP contribution in [0.2, 0.25) is 0 Å². The van der Waals surface area contributed by atoms with Crippen LogP contribution in [0.5, 0.6) is 0 Å². The molecule has 1 aromatic heterocycles. The quantitative estimate of drug-likeness (QED) is 0.467. The topological polar surface area (TPSA) is 122 Å². The van der Waals surface area contributed by atoms with E-state index in [1.165, 1.54) is 0 Å². The van der Waals surface area contributed by atoms with Crippen molar-refractivity contribution in [1.29, 1.82) is 0 Å². The molecule has 0 radical (unpaired) electrons. The first-order chi connectivity index (χ1) is 17.9. The predicted molar refractivity (Wildman–Crippen MR) is 137 cm³/mol. The van der Waals surface area contributed by atoms with Gasteiger partial charge < -0.3 is 16.0 Å². The molecule has 0 bridgehead atoms. The van der Waals surface area contributed by atoms with Crippen molar-refractivity contribution in [1.82, 2.24) is 15.1 Å². The summed E-state index contributed by atoms with van der Waals surface area (Å²) in [4.78, 5) is 26.0. The summed E-state index contributed by atoms with van der Waals surface area (Å²) in [7, 11) is -3.54. The van der Waals surface area contributed by atoms with E-state index in [9.17, 15) is 26.8 Å². The number of hydrogen-bond acceptors (Lipinski definition) is 6. The molecule has 2 saturated carbocycles. The van der Waals surface area contributed by atoms with Gasteiger partial charge in [-0.2, -0.15) is 5.10 Å². The molecular weight excluding hydrogens is 516 g/mol. The van der Waals surface area contributed by atoms with Gasteiger partial charge in [0.1, 0.15) is 17.1 Å². The fourth-order valence-electron chi connectivity index (χ4n) is 6.04. The summed E-state index contributed by atoms with van der Waals surface area (Å²) in [5.74, 6) is -3.47. The lowest BCUT2D eigenvalue weighted by molar-refractivity contribution is -0.113. The van der Waals surface area contributed by atoms with Gasteiger partial charge in [-0.3, -0.25) is 9.59 Å². The number of sulfone groups is 1. The molecule has 1 aliphatic heterocycles. The normalized spacial score (nSPS) is 23.9. The third kappa shape index (κ3) is 4.90. The molecule has 4 aliphatic rings. The molecule has 38 heavy (non-hydrogen) atoms. The minimum atomic E-state index is -3.54. The number of fused-ring (bicyclic) bond motifs is 3. The Morgan fingerprint density at radius 1 is 1.26 bits per heavy atom. The molecule has 9 nitrogen and oxygen atoms in total. The number of anilines is 2. The number of alkyl halides is 2. The van der Waals surface area contributed by atoms with Crippen LogP contribution in [0.15, 0.2) is 18.2 Å². The van der Waals surface area contributed by atoms with Crippen molar-refractivity contribution in [2.24, 2.45) is 5.92 Å². The Morgan fingerprint density at radius 3 is 2.71 bits per heavy atom. The average molecular weight is 548 g/mol. The molecule has 1 spiro atoms. The number of hydrogen-bond donors (Lipinski definition) is 3. The van der Waals surface area contributed by atoms with Gasteiger partial charge in [0, 0.05) is 43.8 Å². The number of aromatic nitrogens is 2. The zero-order valence-electron chi connectivity index (χ0n) is 21.1. The van der Waals surface area contributed by atoms with Gasteiger partial charge in [-0.15, -0.1) is 0 Å². The highest BCUT2D eigenvalue weighted by atomic mass is 32.2. The molecule has 3 aliphatic carbocycles. The van der Waals surface area contributed by atoms with E-state index in [1.807, 2.05) is 18.2 Å². The fourth-order valence-corrected chi connectivity index (χ4v) is 6.59. The zero-order chi connectivity index (χ0) is 26.9. The molecular formula is C26H31F2N5O4S. The Hall–Kier alpha value is -3.02. The molecule has 0 unspecified atom stereocenters. The van der Waals surface area contributed by atoms with Gasteiger partial charge in [0.15, 0.2) is 9.84 Å². The number of rotatable bonds is 8. The number of nitrogens with zero attached hydrogens (tertiary/aromatic N) is 2. The maximum atomic E-state index is 13.5. The first-order valence-electron chi connectivity index (χ1n) is 13.1. The molecule has 1 aromatic carbocycles. The van der Waals surface area contributed by atoms with Crippen molar-refractivity contribution in [3.05, 3.63) is 40.6 Å². The Bertz CT molecular complexity index is 1430. The number of benzene rings is 1. The minimum Gasteiger partial charge on any atom is -0.382 e. The summed E-state index contributed by atoms with van der Waals surface area (Å²) in [6.45, 7) is 0.526. The van der Waals surface area contributed by atoms with E-state index in [0.717, 1.165) is 48.8 Å². The Morgan fingerprint density at radius 2 is 2.03 bits per heavy atom. The van der Waals surface area contributed by atoms with Gasteiger partial charge in [0.2, 0.25) is 5.91 Å². The van der Waals surface area contributed by atoms with E-state index in [2.05, 4.69) is 16.0 Å². The van der Waals surface area contributed by atoms with Crippen LogP contribution in [-0.2, 0) is 39.6 Å². The molecule has 1 atom stereocenters. The van der Waals surface area contributed by atoms with Gasteiger partial charge in [-0.05, 0) is 48.4 Å². The van der Waals surface area contributed by atoms with Crippen molar-refractivity contribution in [3.63, 3.8) is 0 Å². The number of carbonyl (C=O) groups is 2.